The second kappa shape index (κ2) is 10.9. The number of halogens is 1. The van der Waals surface area contributed by atoms with Gasteiger partial charge in [-0.25, -0.2) is 9.18 Å². The molecular weight excluding hydrogens is 523 g/mol. The van der Waals surface area contributed by atoms with E-state index in [2.05, 4.69) is 30.8 Å². The molecule has 6 aromatic rings. The van der Waals surface area contributed by atoms with Gasteiger partial charge >= 0.3 is 6.03 Å². The van der Waals surface area contributed by atoms with E-state index >= 15 is 0 Å². The van der Waals surface area contributed by atoms with Crippen LogP contribution in [0.2, 0.25) is 0 Å². The molecule has 0 saturated heterocycles. The number of aromatic amines is 1. The Kier molecular flexibility index (Phi) is 6.82. The lowest BCUT2D eigenvalue weighted by Gasteiger charge is -2.11. The summed E-state index contributed by atoms with van der Waals surface area (Å²) in [5.74, 6) is 0.0965. The zero-order valence-electron chi connectivity index (χ0n) is 22.2. The van der Waals surface area contributed by atoms with Crippen molar-refractivity contribution in [1.82, 2.24) is 29.9 Å². The van der Waals surface area contributed by atoms with Crippen LogP contribution in [0.4, 0.5) is 20.6 Å². The highest BCUT2D eigenvalue weighted by Gasteiger charge is 2.17. The smallest absolute Gasteiger partial charge is 0.323 e. The molecule has 6 rings (SSSR count). The predicted molar refractivity (Wildman–Crippen MR) is 154 cm³/mol. The van der Waals surface area contributed by atoms with Crippen molar-refractivity contribution >= 4 is 28.3 Å². The maximum Gasteiger partial charge on any atom is 0.323 e. The van der Waals surface area contributed by atoms with Crippen LogP contribution in [0.5, 0.6) is 11.5 Å². The largest absolute Gasteiger partial charge is 0.457 e. The first kappa shape index (κ1) is 25.7. The third kappa shape index (κ3) is 5.59. The molecule has 0 atom stereocenters. The molecule has 11 heteroatoms. The number of benzene rings is 2. The van der Waals surface area contributed by atoms with E-state index in [1.165, 1.54) is 12.1 Å². The normalized spacial score (nSPS) is 11.1. The average Bonchev–Trinajstić information content (AvgIpc) is 3.66. The Bertz CT molecular complexity index is 1850. The van der Waals surface area contributed by atoms with Crippen LogP contribution in [0, 0.1) is 5.82 Å². The van der Waals surface area contributed by atoms with E-state index in [-0.39, 0.29) is 17.5 Å². The number of hydrogen-bond donors (Lipinski definition) is 3. The van der Waals surface area contributed by atoms with Crippen LogP contribution in [-0.4, -0.2) is 36.0 Å². The summed E-state index contributed by atoms with van der Waals surface area (Å²) in [5.41, 5.74) is 4.22. The van der Waals surface area contributed by atoms with E-state index in [0.29, 0.717) is 22.8 Å². The average molecular weight is 549 g/mol. The van der Waals surface area contributed by atoms with E-state index in [1.54, 1.807) is 53.9 Å². The first-order chi connectivity index (χ1) is 19.9. The number of amides is 2. The lowest BCUT2D eigenvalue weighted by atomic mass is 10.1. The molecule has 0 saturated carbocycles. The van der Waals surface area contributed by atoms with Crippen molar-refractivity contribution in [2.75, 3.05) is 10.6 Å². The highest BCUT2D eigenvalue weighted by Crippen LogP contribution is 2.31. The molecule has 0 aliphatic rings. The van der Waals surface area contributed by atoms with Gasteiger partial charge < -0.3 is 15.4 Å². The molecule has 4 aromatic heterocycles. The predicted octanol–water partition coefficient (Wildman–Crippen LogP) is 7.04. The van der Waals surface area contributed by atoms with E-state index in [1.807, 2.05) is 44.2 Å². The number of anilines is 2. The second-order valence-electron chi connectivity index (χ2n) is 9.56. The molecule has 4 heterocycles. The van der Waals surface area contributed by atoms with Crippen molar-refractivity contribution in [2.24, 2.45) is 0 Å². The van der Waals surface area contributed by atoms with E-state index in [0.717, 1.165) is 22.0 Å². The van der Waals surface area contributed by atoms with Gasteiger partial charge in [0.2, 0.25) is 0 Å². The number of urea groups is 1. The number of nitrogens with zero attached hydrogens (tertiary/aromatic N) is 5. The minimum atomic E-state index is -0.651. The van der Waals surface area contributed by atoms with Crippen molar-refractivity contribution in [3.05, 3.63) is 97.5 Å². The second-order valence-corrected chi connectivity index (χ2v) is 9.56. The molecule has 0 bridgehead atoms. The van der Waals surface area contributed by atoms with Gasteiger partial charge in [-0.3, -0.25) is 19.7 Å². The Labute approximate surface area is 234 Å². The third-order valence-electron chi connectivity index (χ3n) is 6.34. The molecule has 10 nitrogen and oxygen atoms in total. The number of ether oxygens (including phenoxy) is 1. The molecule has 204 valence electrons. The fourth-order valence-electron chi connectivity index (χ4n) is 4.28. The fraction of sp³-hybridized carbons (Fsp3) is 0.100. The third-order valence-corrected chi connectivity index (χ3v) is 6.34. The van der Waals surface area contributed by atoms with E-state index in [4.69, 9.17) is 9.84 Å². The van der Waals surface area contributed by atoms with Gasteiger partial charge in [0.1, 0.15) is 23.0 Å². The van der Waals surface area contributed by atoms with Crippen molar-refractivity contribution in [3.63, 3.8) is 0 Å². The summed E-state index contributed by atoms with van der Waals surface area (Å²) in [5, 5.41) is 17.7. The van der Waals surface area contributed by atoms with Gasteiger partial charge in [0.15, 0.2) is 0 Å². The molecule has 0 spiro atoms. The van der Waals surface area contributed by atoms with Crippen LogP contribution in [-0.2, 0) is 0 Å². The number of fused-ring (bicyclic) bond motifs is 1. The van der Waals surface area contributed by atoms with Crippen molar-refractivity contribution < 1.29 is 13.9 Å². The molecular formula is C30H25FN8O2. The van der Waals surface area contributed by atoms with Crippen LogP contribution in [0.3, 0.4) is 0 Å². The van der Waals surface area contributed by atoms with Crippen LogP contribution in [0.1, 0.15) is 19.9 Å². The Morgan fingerprint density at radius 2 is 1.80 bits per heavy atom. The molecule has 0 radical (unpaired) electrons. The van der Waals surface area contributed by atoms with Crippen molar-refractivity contribution in [1.29, 1.82) is 0 Å². The standard InChI is InChI=1S/C30H25FN8O2/c1-18(2)39-17-28(29(38-39)20-5-7-25-19(12-20)4-3-10-32-25)37-30(40)36-26-8-6-22(13-24(26)31)41-23-9-11-33-27(14-23)21-15-34-35-16-21/h3-18H,1-2H3,(H,34,35)(H2,36,37,40). The summed E-state index contributed by atoms with van der Waals surface area (Å²) in [6.45, 7) is 3.99. The number of H-pyrrole nitrogens is 1. The minimum Gasteiger partial charge on any atom is -0.457 e. The van der Waals surface area contributed by atoms with Crippen molar-refractivity contribution in [3.8, 4) is 34.0 Å². The topological polar surface area (TPSA) is 123 Å². The summed E-state index contributed by atoms with van der Waals surface area (Å²) in [4.78, 5) is 21.6. The zero-order valence-corrected chi connectivity index (χ0v) is 22.2. The van der Waals surface area contributed by atoms with Gasteiger partial charge in [-0.1, -0.05) is 12.1 Å². The zero-order chi connectivity index (χ0) is 28.3. The quantitative estimate of drug-likeness (QED) is 0.197. The molecule has 2 amide bonds. The lowest BCUT2D eigenvalue weighted by molar-refractivity contribution is 0.262. The Morgan fingerprint density at radius 3 is 2.61 bits per heavy atom. The SMILES string of the molecule is CC(C)n1cc(NC(=O)Nc2ccc(Oc3ccnc(-c4cn[nH]c4)c3)cc2F)c(-c2ccc3ncccc3c2)n1. The number of carbonyl (C=O) groups excluding carboxylic acids is 1. The van der Waals surface area contributed by atoms with Gasteiger partial charge in [0.25, 0.3) is 0 Å². The summed E-state index contributed by atoms with van der Waals surface area (Å²) in [6, 6.07) is 16.7. The van der Waals surface area contributed by atoms with Gasteiger partial charge in [0, 0.05) is 59.5 Å². The molecule has 3 N–H and O–H groups in total. The maximum atomic E-state index is 15.0. The van der Waals surface area contributed by atoms with Crippen LogP contribution in [0.25, 0.3) is 33.4 Å². The number of rotatable bonds is 7. The molecule has 0 aliphatic carbocycles. The fourth-order valence-corrected chi connectivity index (χ4v) is 4.28. The van der Waals surface area contributed by atoms with E-state index in [9.17, 15) is 9.18 Å². The molecule has 41 heavy (non-hydrogen) atoms. The summed E-state index contributed by atoms with van der Waals surface area (Å²) in [7, 11) is 0. The number of carbonyl (C=O) groups is 1. The lowest BCUT2D eigenvalue weighted by Crippen LogP contribution is -2.20. The minimum absolute atomic E-state index is 0.00162. The number of pyridine rings is 2. The number of nitrogens with one attached hydrogen (secondary N) is 3. The number of aromatic nitrogens is 6. The molecule has 0 fully saturated rings. The van der Waals surface area contributed by atoms with Gasteiger partial charge in [-0.05, 0) is 50.2 Å². The summed E-state index contributed by atoms with van der Waals surface area (Å²) in [6.07, 6.45) is 8.45. The summed E-state index contributed by atoms with van der Waals surface area (Å²) >= 11 is 0. The van der Waals surface area contributed by atoms with Gasteiger partial charge in [-0.15, -0.1) is 0 Å². The van der Waals surface area contributed by atoms with Crippen LogP contribution < -0.4 is 15.4 Å². The highest BCUT2D eigenvalue weighted by atomic mass is 19.1. The van der Waals surface area contributed by atoms with Crippen molar-refractivity contribution in [2.45, 2.75) is 19.9 Å². The van der Waals surface area contributed by atoms with E-state index < -0.39 is 11.8 Å². The Balaban J connectivity index is 1.18. The molecule has 0 aliphatic heterocycles. The number of hydrogen-bond acceptors (Lipinski definition) is 6. The summed E-state index contributed by atoms with van der Waals surface area (Å²) < 4.78 is 22.6. The van der Waals surface area contributed by atoms with Crippen LogP contribution >= 0.6 is 0 Å². The first-order valence-corrected chi connectivity index (χ1v) is 12.9. The molecule has 2 aromatic carbocycles. The Hall–Kier alpha value is -5.58. The Morgan fingerprint density at radius 1 is 0.951 bits per heavy atom. The highest BCUT2D eigenvalue weighted by molar-refractivity contribution is 6.02. The molecule has 0 unspecified atom stereocenters. The van der Waals surface area contributed by atoms with Gasteiger partial charge in [0.05, 0.1) is 28.8 Å². The maximum absolute atomic E-state index is 15.0. The van der Waals surface area contributed by atoms with Crippen LogP contribution in [0.15, 0.2) is 91.6 Å². The van der Waals surface area contributed by atoms with Gasteiger partial charge in [-0.2, -0.15) is 10.2 Å². The first-order valence-electron chi connectivity index (χ1n) is 12.9. The monoisotopic (exact) mass is 548 g/mol.